The van der Waals surface area contributed by atoms with Gasteiger partial charge in [-0.15, -0.1) is 0 Å². The van der Waals surface area contributed by atoms with Gasteiger partial charge in [0.15, 0.2) is 0 Å². The van der Waals surface area contributed by atoms with Gasteiger partial charge in [-0.2, -0.15) is 0 Å². The Morgan fingerprint density at radius 3 is 1.68 bits per heavy atom. The Morgan fingerprint density at radius 1 is 0.800 bits per heavy atom. The highest BCUT2D eigenvalue weighted by atomic mass is 16.3. The van der Waals surface area contributed by atoms with E-state index in [0.29, 0.717) is 11.2 Å². The van der Waals surface area contributed by atoms with Crippen LogP contribution < -0.4 is 0 Å². The monoisotopic (exact) mass is 340 g/mol. The van der Waals surface area contributed by atoms with E-state index in [1.807, 2.05) is 0 Å². The molecule has 0 aliphatic heterocycles. The summed E-state index contributed by atoms with van der Waals surface area (Å²) in [5, 5.41) is 11.3. The molecule has 4 aliphatic carbocycles. The predicted molar refractivity (Wildman–Crippen MR) is 105 cm³/mol. The van der Waals surface area contributed by atoms with Crippen LogP contribution in [0.3, 0.4) is 0 Å². The SMILES string of the molecule is CC(C)(C)c1ccc(C23CC4CC(CC(C4)C2)C3)c(C(C)(C)C)c1O. The molecule has 0 saturated heterocycles. The molecule has 0 atom stereocenters. The van der Waals surface area contributed by atoms with Crippen LogP contribution >= 0.6 is 0 Å². The molecule has 138 valence electrons. The first kappa shape index (κ1) is 17.4. The van der Waals surface area contributed by atoms with Crippen LogP contribution in [0.25, 0.3) is 0 Å². The Bertz CT molecular complexity index is 648. The lowest BCUT2D eigenvalue weighted by molar-refractivity contribution is -0.00607. The zero-order valence-corrected chi connectivity index (χ0v) is 17.1. The van der Waals surface area contributed by atoms with Gasteiger partial charge in [0.2, 0.25) is 0 Å². The van der Waals surface area contributed by atoms with E-state index < -0.39 is 0 Å². The molecule has 0 unspecified atom stereocenters. The lowest BCUT2D eigenvalue weighted by Crippen LogP contribution is -2.49. The molecule has 1 N–H and O–H groups in total. The van der Waals surface area contributed by atoms with Gasteiger partial charge in [-0.25, -0.2) is 0 Å². The van der Waals surface area contributed by atoms with Crippen LogP contribution in [0.15, 0.2) is 12.1 Å². The van der Waals surface area contributed by atoms with E-state index in [2.05, 4.69) is 53.7 Å². The molecule has 1 heteroatoms. The van der Waals surface area contributed by atoms with Crippen LogP contribution in [0.5, 0.6) is 5.75 Å². The zero-order chi connectivity index (χ0) is 18.2. The molecule has 4 saturated carbocycles. The summed E-state index contributed by atoms with van der Waals surface area (Å²) in [7, 11) is 0. The number of benzene rings is 1. The van der Waals surface area contributed by atoms with Crippen molar-refractivity contribution >= 4 is 0 Å². The molecule has 0 radical (unpaired) electrons. The minimum Gasteiger partial charge on any atom is -0.507 e. The Morgan fingerprint density at radius 2 is 1.28 bits per heavy atom. The third-order valence-corrected chi connectivity index (χ3v) is 7.35. The average molecular weight is 341 g/mol. The second-order valence-electron chi connectivity index (χ2n) is 11.6. The summed E-state index contributed by atoms with van der Waals surface area (Å²) in [4.78, 5) is 0. The first-order chi connectivity index (χ1) is 11.5. The van der Waals surface area contributed by atoms with E-state index in [0.717, 1.165) is 23.3 Å². The molecule has 0 spiro atoms. The average Bonchev–Trinajstić information content (AvgIpc) is 2.42. The topological polar surface area (TPSA) is 20.2 Å². The highest BCUT2D eigenvalue weighted by Gasteiger charge is 2.53. The lowest BCUT2D eigenvalue weighted by Gasteiger charge is -2.58. The second kappa shape index (κ2) is 5.27. The van der Waals surface area contributed by atoms with Crippen molar-refractivity contribution in [2.45, 2.75) is 96.3 Å². The molecule has 25 heavy (non-hydrogen) atoms. The molecule has 1 nitrogen and oxygen atoms in total. The van der Waals surface area contributed by atoms with E-state index in [-0.39, 0.29) is 10.8 Å². The van der Waals surface area contributed by atoms with Crippen molar-refractivity contribution in [2.75, 3.05) is 0 Å². The smallest absolute Gasteiger partial charge is 0.123 e. The molecule has 4 aliphatic rings. The first-order valence-corrected chi connectivity index (χ1v) is 10.4. The summed E-state index contributed by atoms with van der Waals surface area (Å²) in [5.74, 6) is 3.38. The number of hydrogen-bond acceptors (Lipinski definition) is 1. The van der Waals surface area contributed by atoms with Crippen molar-refractivity contribution < 1.29 is 5.11 Å². The van der Waals surface area contributed by atoms with Crippen LogP contribution in [0.1, 0.15) is 96.8 Å². The van der Waals surface area contributed by atoms with Gasteiger partial charge in [0.05, 0.1) is 0 Å². The molecule has 5 rings (SSSR count). The molecule has 1 aromatic rings. The standard InChI is InChI=1S/C24H36O/c1-22(2,3)19-8-7-18(20(21(19)25)23(4,5)6)24-12-15-9-16(13-24)11-17(10-15)14-24/h7-8,15-17,25H,9-14H2,1-6H3. The number of phenols is 1. The predicted octanol–water partition coefficient (Wildman–Crippen LogP) is 6.46. The molecule has 0 amide bonds. The molecular formula is C24H36O. The maximum atomic E-state index is 11.3. The van der Waals surface area contributed by atoms with Crippen molar-refractivity contribution in [3.8, 4) is 5.75 Å². The van der Waals surface area contributed by atoms with Crippen molar-refractivity contribution in [1.29, 1.82) is 0 Å². The van der Waals surface area contributed by atoms with Gasteiger partial charge in [-0.3, -0.25) is 0 Å². The Hall–Kier alpha value is -0.980. The zero-order valence-electron chi connectivity index (χ0n) is 17.1. The second-order valence-corrected chi connectivity index (χ2v) is 11.6. The van der Waals surface area contributed by atoms with Crippen molar-refractivity contribution in [3.63, 3.8) is 0 Å². The molecular weight excluding hydrogens is 304 g/mol. The third kappa shape index (κ3) is 2.73. The van der Waals surface area contributed by atoms with Gasteiger partial charge >= 0.3 is 0 Å². The fraction of sp³-hybridized carbons (Fsp3) is 0.750. The largest absolute Gasteiger partial charge is 0.507 e. The number of aromatic hydroxyl groups is 1. The van der Waals surface area contributed by atoms with Gasteiger partial charge in [0, 0.05) is 5.56 Å². The summed E-state index contributed by atoms with van der Waals surface area (Å²) in [6, 6.07) is 4.65. The number of rotatable bonds is 1. The van der Waals surface area contributed by atoms with Crippen molar-refractivity contribution in [3.05, 3.63) is 28.8 Å². The lowest BCUT2D eigenvalue weighted by atomic mass is 9.47. The van der Waals surface area contributed by atoms with Gasteiger partial charge in [-0.1, -0.05) is 53.7 Å². The molecule has 4 fully saturated rings. The van der Waals surface area contributed by atoms with Crippen molar-refractivity contribution in [2.24, 2.45) is 17.8 Å². The van der Waals surface area contributed by atoms with Crippen molar-refractivity contribution in [1.82, 2.24) is 0 Å². The molecule has 1 aromatic carbocycles. The van der Waals surface area contributed by atoms with Crippen LogP contribution in [-0.4, -0.2) is 5.11 Å². The molecule has 0 heterocycles. The highest BCUT2D eigenvalue weighted by molar-refractivity contribution is 5.54. The van der Waals surface area contributed by atoms with Crippen LogP contribution in [0.4, 0.5) is 0 Å². The van der Waals surface area contributed by atoms with E-state index >= 15 is 0 Å². The minimum atomic E-state index is -0.0238. The van der Waals surface area contributed by atoms with Crippen LogP contribution in [-0.2, 0) is 16.2 Å². The molecule has 4 bridgehead atoms. The van der Waals surface area contributed by atoms with E-state index in [4.69, 9.17) is 0 Å². The molecule has 0 aromatic heterocycles. The van der Waals surface area contributed by atoms with E-state index in [1.54, 1.807) is 0 Å². The van der Waals surface area contributed by atoms with Crippen LogP contribution in [0, 0.1) is 17.8 Å². The van der Waals surface area contributed by atoms with E-state index in [9.17, 15) is 5.11 Å². The minimum absolute atomic E-state index is 0.0237. The highest BCUT2D eigenvalue weighted by Crippen LogP contribution is 2.62. The maximum absolute atomic E-state index is 11.3. The summed E-state index contributed by atoms with van der Waals surface area (Å²) in [5.41, 5.74) is 4.12. The number of phenolic OH excluding ortho intramolecular Hbond substituents is 1. The quantitative estimate of drug-likeness (QED) is 0.622. The number of hydrogen-bond donors (Lipinski definition) is 1. The summed E-state index contributed by atoms with van der Waals surface area (Å²) >= 11 is 0. The Kier molecular flexibility index (Phi) is 3.68. The van der Waals surface area contributed by atoms with Gasteiger partial charge < -0.3 is 5.11 Å². The van der Waals surface area contributed by atoms with Gasteiger partial charge in [0.25, 0.3) is 0 Å². The Labute approximate surface area is 154 Å². The fourth-order valence-corrected chi connectivity index (χ4v) is 6.84. The fourth-order valence-electron chi connectivity index (χ4n) is 6.84. The Balaban J connectivity index is 1.89. The van der Waals surface area contributed by atoms with Gasteiger partial charge in [0.1, 0.15) is 5.75 Å². The summed E-state index contributed by atoms with van der Waals surface area (Å²) in [6.07, 6.45) is 8.48. The summed E-state index contributed by atoms with van der Waals surface area (Å²) in [6.45, 7) is 13.5. The normalized spacial score (nSPS) is 34.6. The summed E-state index contributed by atoms with van der Waals surface area (Å²) < 4.78 is 0. The maximum Gasteiger partial charge on any atom is 0.123 e. The third-order valence-electron chi connectivity index (χ3n) is 7.35. The first-order valence-electron chi connectivity index (χ1n) is 10.4. The van der Waals surface area contributed by atoms with Gasteiger partial charge in [-0.05, 0) is 83.7 Å². The van der Waals surface area contributed by atoms with Crippen LogP contribution in [0.2, 0.25) is 0 Å². The van der Waals surface area contributed by atoms with E-state index in [1.165, 1.54) is 49.7 Å².